The lowest BCUT2D eigenvalue weighted by Gasteiger charge is -2.16. The third-order valence-corrected chi connectivity index (χ3v) is 2.79. The second-order valence-electron chi connectivity index (χ2n) is 3.50. The third-order valence-electron chi connectivity index (χ3n) is 2.49. The highest BCUT2D eigenvalue weighted by atomic mass is 35.5. The predicted molar refractivity (Wildman–Crippen MR) is 60.6 cm³/mol. The summed E-state index contributed by atoms with van der Waals surface area (Å²) < 4.78 is 3.56. The summed E-state index contributed by atoms with van der Waals surface area (Å²) in [5.74, 6) is 6.34. The van der Waals surface area contributed by atoms with Crippen LogP contribution in [0.5, 0.6) is 0 Å². The SMILES string of the molecule is Cn1ccnc1C(NN)c1c(Cl)cnn1C. The largest absolute Gasteiger partial charge is 0.336 e. The molecule has 0 radical (unpaired) electrons. The Labute approximate surface area is 98.0 Å². The van der Waals surface area contributed by atoms with Gasteiger partial charge in [0, 0.05) is 26.5 Å². The van der Waals surface area contributed by atoms with Crippen molar-refractivity contribution in [3.8, 4) is 0 Å². The molecule has 0 saturated carbocycles. The topological polar surface area (TPSA) is 73.7 Å². The van der Waals surface area contributed by atoms with Gasteiger partial charge in [-0.05, 0) is 0 Å². The molecule has 2 aromatic heterocycles. The van der Waals surface area contributed by atoms with Gasteiger partial charge in [0.25, 0.3) is 0 Å². The van der Waals surface area contributed by atoms with E-state index < -0.39 is 0 Å². The van der Waals surface area contributed by atoms with E-state index in [2.05, 4.69) is 15.5 Å². The van der Waals surface area contributed by atoms with Gasteiger partial charge in [-0.15, -0.1) is 0 Å². The van der Waals surface area contributed by atoms with Crippen molar-refractivity contribution < 1.29 is 0 Å². The number of rotatable bonds is 3. The van der Waals surface area contributed by atoms with E-state index in [9.17, 15) is 0 Å². The molecule has 2 heterocycles. The molecule has 2 aromatic rings. The van der Waals surface area contributed by atoms with E-state index in [0.29, 0.717) is 5.02 Å². The second-order valence-corrected chi connectivity index (χ2v) is 3.90. The van der Waals surface area contributed by atoms with Gasteiger partial charge >= 0.3 is 0 Å². The lowest BCUT2D eigenvalue weighted by Crippen LogP contribution is -2.32. The van der Waals surface area contributed by atoms with Crippen LogP contribution in [0.3, 0.4) is 0 Å². The fourth-order valence-electron chi connectivity index (χ4n) is 1.68. The van der Waals surface area contributed by atoms with Crippen LogP contribution in [0.25, 0.3) is 0 Å². The summed E-state index contributed by atoms with van der Waals surface area (Å²) in [6.07, 6.45) is 5.15. The summed E-state index contributed by atoms with van der Waals surface area (Å²) >= 11 is 6.07. The van der Waals surface area contributed by atoms with Gasteiger partial charge in [0.15, 0.2) is 0 Å². The van der Waals surface area contributed by atoms with E-state index in [0.717, 1.165) is 11.5 Å². The van der Waals surface area contributed by atoms with Crippen molar-refractivity contribution in [1.82, 2.24) is 24.8 Å². The minimum atomic E-state index is -0.278. The van der Waals surface area contributed by atoms with Crippen molar-refractivity contribution in [3.63, 3.8) is 0 Å². The van der Waals surface area contributed by atoms with Crippen LogP contribution in [-0.2, 0) is 14.1 Å². The summed E-state index contributed by atoms with van der Waals surface area (Å²) in [6, 6.07) is -0.278. The van der Waals surface area contributed by atoms with Crippen LogP contribution < -0.4 is 11.3 Å². The fourth-order valence-corrected chi connectivity index (χ4v) is 1.95. The number of halogens is 1. The number of hydrogen-bond donors (Lipinski definition) is 2. The van der Waals surface area contributed by atoms with E-state index in [1.165, 1.54) is 0 Å². The van der Waals surface area contributed by atoms with Crippen LogP contribution in [0.1, 0.15) is 17.6 Å². The molecule has 0 amide bonds. The lowest BCUT2D eigenvalue weighted by atomic mass is 10.2. The second kappa shape index (κ2) is 4.25. The quantitative estimate of drug-likeness (QED) is 0.600. The molecule has 3 N–H and O–H groups in total. The summed E-state index contributed by atoms with van der Waals surface area (Å²) in [5.41, 5.74) is 3.49. The normalized spacial score (nSPS) is 13.0. The molecule has 0 aliphatic heterocycles. The highest BCUT2D eigenvalue weighted by Crippen LogP contribution is 2.25. The fraction of sp³-hybridized carbons (Fsp3) is 0.333. The molecule has 16 heavy (non-hydrogen) atoms. The van der Waals surface area contributed by atoms with E-state index in [4.69, 9.17) is 17.4 Å². The average molecular weight is 241 g/mol. The highest BCUT2D eigenvalue weighted by molar-refractivity contribution is 6.31. The smallest absolute Gasteiger partial charge is 0.133 e. The highest BCUT2D eigenvalue weighted by Gasteiger charge is 2.22. The molecule has 7 heteroatoms. The van der Waals surface area contributed by atoms with Gasteiger partial charge in [-0.25, -0.2) is 10.4 Å². The molecule has 0 aliphatic rings. The Morgan fingerprint density at radius 3 is 2.69 bits per heavy atom. The van der Waals surface area contributed by atoms with Crippen LogP contribution >= 0.6 is 11.6 Å². The number of hydrogen-bond acceptors (Lipinski definition) is 4. The van der Waals surface area contributed by atoms with Gasteiger partial charge in [-0.1, -0.05) is 11.6 Å². The first kappa shape index (κ1) is 11.1. The van der Waals surface area contributed by atoms with Crippen LogP contribution in [0.2, 0.25) is 5.02 Å². The number of nitrogens with one attached hydrogen (secondary N) is 1. The molecule has 6 nitrogen and oxygen atoms in total. The van der Waals surface area contributed by atoms with Crippen LogP contribution in [0.15, 0.2) is 18.6 Å². The van der Waals surface area contributed by atoms with E-state index in [1.54, 1.807) is 17.1 Å². The van der Waals surface area contributed by atoms with Gasteiger partial charge in [-0.2, -0.15) is 5.10 Å². The molecule has 86 valence electrons. The number of aromatic nitrogens is 4. The number of aryl methyl sites for hydroxylation is 2. The maximum absolute atomic E-state index is 6.07. The number of nitrogens with zero attached hydrogens (tertiary/aromatic N) is 4. The Bertz CT molecular complexity index is 468. The number of nitrogens with two attached hydrogens (primary N) is 1. The first-order valence-electron chi connectivity index (χ1n) is 4.76. The molecular weight excluding hydrogens is 228 g/mol. The summed E-state index contributed by atoms with van der Waals surface area (Å²) in [4.78, 5) is 4.25. The number of imidazole rings is 1. The Morgan fingerprint density at radius 1 is 1.50 bits per heavy atom. The zero-order valence-electron chi connectivity index (χ0n) is 9.05. The Kier molecular flexibility index (Phi) is 2.95. The van der Waals surface area contributed by atoms with Crippen molar-refractivity contribution in [3.05, 3.63) is 35.1 Å². The third kappa shape index (κ3) is 1.71. The van der Waals surface area contributed by atoms with Crippen molar-refractivity contribution in [1.29, 1.82) is 0 Å². The van der Waals surface area contributed by atoms with Crippen molar-refractivity contribution in [2.24, 2.45) is 19.9 Å². The zero-order chi connectivity index (χ0) is 11.7. The lowest BCUT2D eigenvalue weighted by molar-refractivity contribution is 0.536. The van der Waals surface area contributed by atoms with Crippen LogP contribution in [0, 0.1) is 0 Å². The maximum Gasteiger partial charge on any atom is 0.133 e. The Morgan fingerprint density at radius 2 is 2.25 bits per heavy atom. The van der Waals surface area contributed by atoms with Gasteiger partial charge < -0.3 is 4.57 Å². The van der Waals surface area contributed by atoms with Gasteiger partial charge in [0.1, 0.15) is 11.9 Å². The molecule has 0 aliphatic carbocycles. The van der Waals surface area contributed by atoms with E-state index in [1.807, 2.05) is 24.9 Å². The summed E-state index contributed by atoms with van der Waals surface area (Å²) in [6.45, 7) is 0. The Hall–Kier alpha value is -1.37. The molecular formula is C9H13ClN6. The van der Waals surface area contributed by atoms with E-state index >= 15 is 0 Å². The van der Waals surface area contributed by atoms with Crippen LogP contribution in [0.4, 0.5) is 0 Å². The van der Waals surface area contributed by atoms with Gasteiger partial charge in [-0.3, -0.25) is 10.5 Å². The molecule has 0 saturated heterocycles. The van der Waals surface area contributed by atoms with E-state index in [-0.39, 0.29) is 6.04 Å². The standard InChI is InChI=1S/C9H13ClN6/c1-15-4-3-12-9(15)7(14-11)8-6(10)5-13-16(8)2/h3-5,7,14H,11H2,1-2H3. The first-order chi connectivity index (χ1) is 7.65. The van der Waals surface area contributed by atoms with Gasteiger partial charge in [0.05, 0.1) is 16.9 Å². The van der Waals surface area contributed by atoms with Crippen molar-refractivity contribution in [2.75, 3.05) is 0 Å². The zero-order valence-corrected chi connectivity index (χ0v) is 9.81. The molecule has 0 fully saturated rings. The molecule has 0 bridgehead atoms. The predicted octanol–water partition coefficient (Wildman–Crippen LogP) is 0.360. The molecule has 1 unspecified atom stereocenters. The summed E-state index contributed by atoms with van der Waals surface area (Å²) in [7, 11) is 3.71. The van der Waals surface area contributed by atoms with Gasteiger partial charge in [0.2, 0.25) is 0 Å². The minimum absolute atomic E-state index is 0.278. The number of hydrazine groups is 1. The molecule has 1 atom stereocenters. The van der Waals surface area contributed by atoms with Crippen molar-refractivity contribution >= 4 is 11.6 Å². The first-order valence-corrected chi connectivity index (χ1v) is 5.13. The van der Waals surface area contributed by atoms with Crippen molar-refractivity contribution in [2.45, 2.75) is 6.04 Å². The maximum atomic E-state index is 6.07. The Balaban J connectivity index is 2.49. The molecule has 2 rings (SSSR count). The molecule has 0 spiro atoms. The minimum Gasteiger partial charge on any atom is -0.336 e. The monoisotopic (exact) mass is 240 g/mol. The van der Waals surface area contributed by atoms with Crippen LogP contribution in [-0.4, -0.2) is 19.3 Å². The summed E-state index contributed by atoms with van der Waals surface area (Å²) in [5, 5.41) is 4.64. The average Bonchev–Trinajstić information content (AvgIpc) is 2.80. The molecule has 0 aromatic carbocycles.